The minimum absolute atomic E-state index is 0.711. The van der Waals surface area contributed by atoms with Gasteiger partial charge in [0.15, 0.2) is 0 Å². The number of likely N-dealkylation sites (tertiary alicyclic amines) is 4. The smallest absolute Gasteiger partial charge is 0.00513 e. The van der Waals surface area contributed by atoms with Crippen molar-refractivity contribution < 1.29 is 0 Å². The third-order valence-corrected chi connectivity index (χ3v) is 7.63. The normalized spacial score (nSPS) is 30.2. The first-order valence-corrected chi connectivity index (χ1v) is 10.8. The Kier molecular flexibility index (Phi) is 6.46. The van der Waals surface area contributed by atoms with E-state index in [2.05, 4.69) is 47.5 Å². The van der Waals surface area contributed by atoms with Crippen LogP contribution in [0.1, 0.15) is 46.0 Å². The minimum atomic E-state index is 0.711. The zero-order valence-electron chi connectivity index (χ0n) is 17.4. The van der Waals surface area contributed by atoms with Gasteiger partial charge in [-0.2, -0.15) is 0 Å². The molecule has 4 heteroatoms. The zero-order valence-corrected chi connectivity index (χ0v) is 17.4. The number of hydrogen-bond acceptors (Lipinski definition) is 4. The van der Waals surface area contributed by atoms with E-state index >= 15 is 0 Å². The highest BCUT2D eigenvalue weighted by Crippen LogP contribution is 2.40. The fourth-order valence-corrected chi connectivity index (χ4v) is 5.33. The van der Waals surface area contributed by atoms with E-state index in [9.17, 15) is 0 Å². The topological polar surface area (TPSA) is 13.0 Å². The van der Waals surface area contributed by atoms with Crippen LogP contribution in [-0.4, -0.2) is 99.1 Å². The van der Waals surface area contributed by atoms with Crippen LogP contribution in [0.4, 0.5) is 0 Å². The van der Waals surface area contributed by atoms with E-state index in [0.717, 1.165) is 5.41 Å². The van der Waals surface area contributed by atoms with Crippen molar-refractivity contribution in [2.75, 3.05) is 79.5 Å². The lowest BCUT2D eigenvalue weighted by molar-refractivity contribution is -0.0390. The molecule has 4 nitrogen and oxygen atoms in total. The number of nitrogens with zero attached hydrogens (tertiary/aromatic N) is 4. The molecule has 4 aliphatic rings. The molecule has 4 rings (SSSR count). The van der Waals surface area contributed by atoms with Crippen molar-refractivity contribution in [1.82, 2.24) is 19.6 Å². The first-order valence-electron chi connectivity index (χ1n) is 10.8. The highest BCUT2D eigenvalue weighted by atomic mass is 15.2. The molecule has 4 saturated heterocycles. The van der Waals surface area contributed by atoms with Gasteiger partial charge in [0.05, 0.1) is 0 Å². The van der Waals surface area contributed by atoms with Gasteiger partial charge in [0.1, 0.15) is 0 Å². The minimum Gasteiger partial charge on any atom is -0.306 e. The molecule has 0 saturated carbocycles. The van der Waals surface area contributed by atoms with Gasteiger partial charge < -0.3 is 19.6 Å². The zero-order chi connectivity index (χ0) is 17.9. The lowest BCUT2D eigenvalue weighted by Gasteiger charge is -2.53. The van der Waals surface area contributed by atoms with Crippen molar-refractivity contribution in [3.8, 4) is 0 Å². The van der Waals surface area contributed by atoms with E-state index in [1.165, 1.54) is 97.6 Å². The first kappa shape index (κ1) is 19.6. The Morgan fingerprint density at radius 1 is 0.560 bits per heavy atom. The molecular formula is C21H42N4. The second-order valence-corrected chi connectivity index (χ2v) is 9.53. The Balaban J connectivity index is 0.000000146. The van der Waals surface area contributed by atoms with Gasteiger partial charge in [-0.05, 0) is 103 Å². The van der Waals surface area contributed by atoms with Gasteiger partial charge in [0, 0.05) is 19.6 Å². The molecule has 4 heterocycles. The Hall–Kier alpha value is -0.160. The number of piperidine rings is 2. The SMILES string of the molecule is CCN1CC2(CCN(C)CC2)C1.CCN1CCC2(CCN(C)CC2)C1. The molecule has 0 atom stereocenters. The summed E-state index contributed by atoms with van der Waals surface area (Å²) >= 11 is 0. The van der Waals surface area contributed by atoms with Crippen molar-refractivity contribution in [3.63, 3.8) is 0 Å². The second-order valence-electron chi connectivity index (χ2n) is 9.53. The summed E-state index contributed by atoms with van der Waals surface area (Å²) < 4.78 is 0. The Morgan fingerprint density at radius 3 is 1.40 bits per heavy atom. The lowest BCUT2D eigenvalue weighted by atomic mass is 9.72. The Morgan fingerprint density at radius 2 is 0.960 bits per heavy atom. The van der Waals surface area contributed by atoms with Gasteiger partial charge in [-0.3, -0.25) is 0 Å². The van der Waals surface area contributed by atoms with Crippen LogP contribution in [0.2, 0.25) is 0 Å². The molecule has 0 aromatic heterocycles. The predicted octanol–water partition coefficient (Wildman–Crippen LogP) is 2.46. The Bertz CT molecular complexity index is 393. The summed E-state index contributed by atoms with van der Waals surface area (Å²) in [5, 5.41) is 0. The van der Waals surface area contributed by atoms with Gasteiger partial charge >= 0.3 is 0 Å². The van der Waals surface area contributed by atoms with Crippen molar-refractivity contribution in [1.29, 1.82) is 0 Å². The standard InChI is InChI=1S/C11H22N2.C10H20N2/c1-3-13-9-6-11(10-13)4-7-12(2)8-5-11;1-3-12-8-10(9-12)4-6-11(2)7-5-10/h3-10H2,1-2H3;3-9H2,1-2H3. The monoisotopic (exact) mass is 350 g/mol. The quantitative estimate of drug-likeness (QED) is 0.758. The average molecular weight is 351 g/mol. The summed E-state index contributed by atoms with van der Waals surface area (Å²) in [5.41, 5.74) is 1.45. The highest BCUT2D eigenvalue weighted by molar-refractivity contribution is 4.97. The second kappa shape index (κ2) is 8.24. The summed E-state index contributed by atoms with van der Waals surface area (Å²) in [6, 6.07) is 0. The summed E-state index contributed by atoms with van der Waals surface area (Å²) in [4.78, 5) is 10.1. The van der Waals surface area contributed by atoms with Gasteiger partial charge in [-0.15, -0.1) is 0 Å². The van der Waals surface area contributed by atoms with E-state index < -0.39 is 0 Å². The molecule has 0 unspecified atom stereocenters. The molecule has 0 aromatic carbocycles. The van der Waals surface area contributed by atoms with Gasteiger partial charge in [0.25, 0.3) is 0 Å². The fourth-order valence-electron chi connectivity index (χ4n) is 5.33. The highest BCUT2D eigenvalue weighted by Gasteiger charge is 2.43. The summed E-state index contributed by atoms with van der Waals surface area (Å²) in [6.45, 7) is 17.8. The molecule has 146 valence electrons. The van der Waals surface area contributed by atoms with Crippen LogP contribution >= 0.6 is 0 Å². The van der Waals surface area contributed by atoms with E-state index in [4.69, 9.17) is 0 Å². The van der Waals surface area contributed by atoms with E-state index in [1.807, 2.05) is 0 Å². The van der Waals surface area contributed by atoms with E-state index in [0.29, 0.717) is 5.41 Å². The van der Waals surface area contributed by atoms with E-state index in [1.54, 1.807) is 0 Å². The third kappa shape index (κ3) is 4.77. The van der Waals surface area contributed by atoms with Crippen LogP contribution in [0.5, 0.6) is 0 Å². The molecule has 0 bridgehead atoms. The third-order valence-electron chi connectivity index (χ3n) is 7.63. The fraction of sp³-hybridized carbons (Fsp3) is 1.00. The Labute approximate surface area is 156 Å². The van der Waals surface area contributed by atoms with Crippen molar-refractivity contribution in [3.05, 3.63) is 0 Å². The first-order chi connectivity index (χ1) is 12.0. The number of rotatable bonds is 2. The van der Waals surface area contributed by atoms with Crippen molar-refractivity contribution >= 4 is 0 Å². The maximum Gasteiger partial charge on any atom is 0.00513 e. The maximum absolute atomic E-state index is 2.62. The average Bonchev–Trinajstić information content (AvgIpc) is 3.01. The maximum atomic E-state index is 2.62. The van der Waals surface area contributed by atoms with Crippen LogP contribution in [-0.2, 0) is 0 Å². The molecular weight excluding hydrogens is 308 g/mol. The predicted molar refractivity (Wildman–Crippen MR) is 107 cm³/mol. The largest absolute Gasteiger partial charge is 0.306 e. The van der Waals surface area contributed by atoms with Crippen molar-refractivity contribution in [2.24, 2.45) is 10.8 Å². The van der Waals surface area contributed by atoms with Crippen LogP contribution < -0.4 is 0 Å². The van der Waals surface area contributed by atoms with E-state index in [-0.39, 0.29) is 0 Å². The molecule has 0 radical (unpaired) electrons. The summed E-state index contributed by atoms with van der Waals surface area (Å²) in [7, 11) is 4.49. The molecule has 0 N–H and O–H groups in total. The van der Waals surface area contributed by atoms with Crippen LogP contribution in [0, 0.1) is 10.8 Å². The molecule has 4 aliphatic heterocycles. The molecule has 0 aliphatic carbocycles. The molecule has 4 fully saturated rings. The van der Waals surface area contributed by atoms with Gasteiger partial charge in [-0.25, -0.2) is 0 Å². The summed E-state index contributed by atoms with van der Waals surface area (Å²) in [6.07, 6.45) is 7.18. The summed E-state index contributed by atoms with van der Waals surface area (Å²) in [5.74, 6) is 0. The molecule has 0 amide bonds. The van der Waals surface area contributed by atoms with Crippen LogP contribution in [0.25, 0.3) is 0 Å². The number of hydrogen-bond donors (Lipinski definition) is 0. The lowest BCUT2D eigenvalue weighted by Crippen LogP contribution is -2.59. The van der Waals surface area contributed by atoms with Crippen molar-refractivity contribution in [2.45, 2.75) is 46.0 Å². The van der Waals surface area contributed by atoms with Crippen LogP contribution in [0.15, 0.2) is 0 Å². The van der Waals surface area contributed by atoms with Crippen LogP contribution in [0.3, 0.4) is 0 Å². The van der Waals surface area contributed by atoms with Gasteiger partial charge in [0.2, 0.25) is 0 Å². The molecule has 2 spiro atoms. The molecule has 25 heavy (non-hydrogen) atoms. The molecule has 0 aromatic rings. The van der Waals surface area contributed by atoms with Gasteiger partial charge in [-0.1, -0.05) is 13.8 Å².